The van der Waals surface area contributed by atoms with E-state index < -0.39 is 23.9 Å². The number of ether oxygens (including phenoxy) is 1. The highest BCUT2D eigenvalue weighted by atomic mass is 16.5. The Hall–Kier alpha value is -3.31. The fourth-order valence-corrected chi connectivity index (χ4v) is 3.06. The molecular weight excluding hydrogens is 472 g/mol. The van der Waals surface area contributed by atoms with Crippen molar-refractivity contribution in [2.24, 2.45) is 17.2 Å². The highest BCUT2D eigenvalue weighted by molar-refractivity contribution is 5.91. The van der Waals surface area contributed by atoms with Crippen LogP contribution in [-0.4, -0.2) is 74.9 Å². The van der Waals surface area contributed by atoms with Gasteiger partial charge in [-0.1, -0.05) is 49.6 Å². The van der Waals surface area contributed by atoms with Crippen molar-refractivity contribution >= 4 is 18.1 Å². The maximum Gasteiger partial charge on any atom is 0.247 e. The van der Waals surface area contributed by atoms with Gasteiger partial charge in [-0.15, -0.1) is 0 Å². The minimum absolute atomic E-state index is 0.123. The molecule has 0 aliphatic carbocycles. The quantitative estimate of drug-likeness (QED) is 0.114. The molecule has 1 aromatic rings. The molecule has 10 nitrogen and oxygen atoms in total. The Morgan fingerprint density at radius 3 is 2.27 bits per heavy atom. The molecule has 10 heteroatoms. The SMILES string of the molecule is C=C/C=C(/NC(=O)C(CCc1ccccc1)NC(=O)C(N)CC=O)C(=C)OCC.CN(CCN)CCN. The number of amides is 2. The number of hydrogen-bond acceptors (Lipinski definition) is 8. The summed E-state index contributed by atoms with van der Waals surface area (Å²) in [5.41, 5.74) is 17.6. The molecule has 0 aliphatic heterocycles. The maximum atomic E-state index is 12.9. The van der Waals surface area contributed by atoms with E-state index in [4.69, 9.17) is 21.9 Å². The average Bonchev–Trinajstić information content (AvgIpc) is 2.87. The number of nitrogens with two attached hydrogens (primary N) is 3. The summed E-state index contributed by atoms with van der Waals surface area (Å²) in [4.78, 5) is 37.9. The Balaban J connectivity index is 0.00000139. The summed E-state index contributed by atoms with van der Waals surface area (Å²) in [6.07, 6.45) is 4.41. The molecule has 0 heterocycles. The second-order valence-electron chi connectivity index (χ2n) is 8.14. The fourth-order valence-electron chi connectivity index (χ4n) is 3.06. The van der Waals surface area contributed by atoms with Crippen LogP contribution in [-0.2, 0) is 25.5 Å². The molecule has 2 amide bonds. The van der Waals surface area contributed by atoms with E-state index in [-0.39, 0.29) is 12.2 Å². The van der Waals surface area contributed by atoms with Gasteiger partial charge >= 0.3 is 0 Å². The van der Waals surface area contributed by atoms with Crippen molar-refractivity contribution in [1.29, 1.82) is 0 Å². The van der Waals surface area contributed by atoms with Crippen LogP contribution in [0.1, 0.15) is 25.3 Å². The number of benzene rings is 1. The summed E-state index contributed by atoms with van der Waals surface area (Å²) in [6, 6.07) is 7.72. The summed E-state index contributed by atoms with van der Waals surface area (Å²) in [6.45, 7) is 12.9. The van der Waals surface area contributed by atoms with Gasteiger partial charge in [0, 0.05) is 32.6 Å². The van der Waals surface area contributed by atoms with Crippen molar-refractivity contribution in [3.63, 3.8) is 0 Å². The second kappa shape index (κ2) is 20.8. The first-order valence-corrected chi connectivity index (χ1v) is 12.3. The van der Waals surface area contributed by atoms with Crippen LogP contribution in [0, 0.1) is 0 Å². The van der Waals surface area contributed by atoms with Gasteiger partial charge in [-0.05, 0) is 38.5 Å². The lowest BCUT2D eigenvalue weighted by Crippen LogP contribution is -2.51. The van der Waals surface area contributed by atoms with Gasteiger partial charge in [0.05, 0.1) is 18.3 Å². The second-order valence-corrected chi connectivity index (χ2v) is 8.14. The van der Waals surface area contributed by atoms with Crippen molar-refractivity contribution in [2.45, 2.75) is 38.3 Å². The van der Waals surface area contributed by atoms with Crippen molar-refractivity contribution in [1.82, 2.24) is 15.5 Å². The number of allylic oxidation sites excluding steroid dienone is 2. The number of carbonyl (C=O) groups is 3. The first kappa shape index (κ1) is 33.7. The Morgan fingerprint density at radius 2 is 1.76 bits per heavy atom. The molecule has 0 radical (unpaired) electrons. The molecule has 206 valence electrons. The summed E-state index contributed by atoms with van der Waals surface area (Å²) < 4.78 is 5.35. The third-order valence-electron chi connectivity index (χ3n) is 5.07. The van der Waals surface area contributed by atoms with Gasteiger partial charge in [0.25, 0.3) is 0 Å². The Morgan fingerprint density at radius 1 is 1.14 bits per heavy atom. The third-order valence-corrected chi connectivity index (χ3v) is 5.07. The molecular formula is C27H44N6O4. The lowest BCUT2D eigenvalue weighted by Gasteiger charge is -2.21. The van der Waals surface area contributed by atoms with Crippen LogP contribution in [0.25, 0.3) is 0 Å². The van der Waals surface area contributed by atoms with Crippen molar-refractivity contribution in [3.05, 3.63) is 72.7 Å². The molecule has 0 fully saturated rings. The zero-order valence-electron chi connectivity index (χ0n) is 22.2. The Bertz CT molecular complexity index is 854. The molecule has 0 saturated heterocycles. The summed E-state index contributed by atoms with van der Waals surface area (Å²) in [5, 5.41) is 5.35. The van der Waals surface area contributed by atoms with Crippen LogP contribution in [0.15, 0.2) is 67.1 Å². The topological polar surface area (TPSA) is 166 Å². The van der Waals surface area contributed by atoms with E-state index in [0.29, 0.717) is 31.4 Å². The molecule has 0 bridgehead atoms. The van der Waals surface area contributed by atoms with Crippen LogP contribution in [0.4, 0.5) is 0 Å². The molecule has 0 spiro atoms. The van der Waals surface area contributed by atoms with E-state index in [2.05, 4.69) is 28.7 Å². The predicted molar refractivity (Wildman–Crippen MR) is 148 cm³/mol. The van der Waals surface area contributed by atoms with Gasteiger partial charge in [0.1, 0.15) is 18.1 Å². The van der Waals surface area contributed by atoms with Gasteiger partial charge < -0.3 is 42.3 Å². The third kappa shape index (κ3) is 15.4. The standard InChI is InChI=1S/C22H29N3O4.C5H15N3/c1-4-9-19(16(3)29-5-2)24-22(28)20(25-21(27)18(23)14-15-26)13-12-17-10-7-6-8-11-17;1-8(4-2-6)5-3-7/h4,6-11,15,18,20H,1,3,5,12-14,23H2,2H3,(H,24,28)(H,25,27);2-7H2,1H3/b19-9+;. The van der Waals surface area contributed by atoms with E-state index in [1.165, 1.54) is 6.08 Å². The van der Waals surface area contributed by atoms with Gasteiger partial charge in [0.15, 0.2) is 0 Å². The van der Waals surface area contributed by atoms with Crippen molar-refractivity contribution in [2.75, 3.05) is 39.8 Å². The van der Waals surface area contributed by atoms with Crippen LogP contribution in [0.5, 0.6) is 0 Å². The highest BCUT2D eigenvalue weighted by Crippen LogP contribution is 2.10. The number of nitrogens with zero attached hydrogens (tertiary/aromatic N) is 1. The van der Waals surface area contributed by atoms with Crippen LogP contribution in [0.2, 0.25) is 0 Å². The van der Waals surface area contributed by atoms with E-state index >= 15 is 0 Å². The molecule has 1 aromatic carbocycles. The molecule has 2 unspecified atom stereocenters. The molecule has 0 saturated carbocycles. The lowest BCUT2D eigenvalue weighted by molar-refractivity contribution is -0.129. The number of carbonyl (C=O) groups excluding carboxylic acids is 3. The van der Waals surface area contributed by atoms with Crippen LogP contribution < -0.4 is 27.8 Å². The van der Waals surface area contributed by atoms with Crippen LogP contribution >= 0.6 is 0 Å². The number of rotatable bonds is 17. The van der Waals surface area contributed by atoms with E-state index in [9.17, 15) is 14.4 Å². The molecule has 8 N–H and O–H groups in total. The van der Waals surface area contributed by atoms with Gasteiger partial charge in [-0.2, -0.15) is 0 Å². The van der Waals surface area contributed by atoms with Gasteiger partial charge in [0.2, 0.25) is 11.8 Å². The number of aryl methyl sites for hydroxylation is 1. The summed E-state index contributed by atoms with van der Waals surface area (Å²) >= 11 is 0. The summed E-state index contributed by atoms with van der Waals surface area (Å²) in [5.74, 6) is -0.726. The fraction of sp³-hybridized carbons (Fsp3) is 0.444. The zero-order chi connectivity index (χ0) is 28.1. The normalized spacial score (nSPS) is 12.4. The van der Waals surface area contributed by atoms with Crippen molar-refractivity contribution < 1.29 is 19.1 Å². The minimum atomic E-state index is -1.01. The Kier molecular flexibility index (Phi) is 19.0. The molecule has 37 heavy (non-hydrogen) atoms. The average molecular weight is 517 g/mol. The van der Waals surface area contributed by atoms with E-state index in [1.807, 2.05) is 37.4 Å². The summed E-state index contributed by atoms with van der Waals surface area (Å²) in [7, 11) is 2.01. The first-order valence-electron chi connectivity index (χ1n) is 12.3. The number of likely N-dealkylation sites (N-methyl/N-ethyl adjacent to an activating group) is 1. The maximum absolute atomic E-state index is 12.9. The minimum Gasteiger partial charge on any atom is -0.492 e. The highest BCUT2D eigenvalue weighted by Gasteiger charge is 2.24. The zero-order valence-corrected chi connectivity index (χ0v) is 22.2. The van der Waals surface area contributed by atoms with Crippen molar-refractivity contribution in [3.8, 4) is 0 Å². The number of hydrogen-bond donors (Lipinski definition) is 5. The Labute approximate surface area is 221 Å². The molecule has 2 atom stereocenters. The monoisotopic (exact) mass is 516 g/mol. The largest absolute Gasteiger partial charge is 0.492 e. The number of nitrogens with one attached hydrogen (secondary N) is 2. The molecule has 0 aromatic heterocycles. The number of aldehydes is 1. The smallest absolute Gasteiger partial charge is 0.247 e. The lowest BCUT2D eigenvalue weighted by atomic mass is 10.0. The van der Waals surface area contributed by atoms with E-state index in [1.54, 1.807) is 13.0 Å². The van der Waals surface area contributed by atoms with Gasteiger partial charge in [-0.3, -0.25) is 9.59 Å². The first-order chi connectivity index (χ1) is 17.7. The van der Waals surface area contributed by atoms with Crippen LogP contribution in [0.3, 0.4) is 0 Å². The predicted octanol–water partition coefficient (Wildman–Crippen LogP) is 0.592. The molecule has 1 rings (SSSR count). The van der Waals surface area contributed by atoms with E-state index in [0.717, 1.165) is 31.7 Å². The molecule has 0 aliphatic rings. The van der Waals surface area contributed by atoms with Gasteiger partial charge in [-0.25, -0.2) is 0 Å².